The Bertz CT molecular complexity index is 893. The molecule has 0 spiro atoms. The molecule has 0 radical (unpaired) electrons. The van der Waals surface area contributed by atoms with Crippen LogP contribution in [0, 0.1) is 0 Å². The van der Waals surface area contributed by atoms with E-state index in [1.165, 1.54) is 0 Å². The van der Waals surface area contributed by atoms with E-state index in [1.807, 2.05) is 19.0 Å². The summed E-state index contributed by atoms with van der Waals surface area (Å²) < 4.78 is 16.5. The number of allylic oxidation sites excluding steroid dienone is 1. The van der Waals surface area contributed by atoms with Gasteiger partial charge in [0.1, 0.15) is 0 Å². The fraction of sp³-hybridized carbons (Fsp3) is 0.211. The summed E-state index contributed by atoms with van der Waals surface area (Å²) in [7, 11) is 5.32. The monoisotopic (exact) mass is 418 g/mol. The van der Waals surface area contributed by atoms with Gasteiger partial charge in [-0.3, -0.25) is 4.79 Å². The van der Waals surface area contributed by atoms with Gasteiger partial charge in [-0.1, -0.05) is 0 Å². The van der Waals surface area contributed by atoms with E-state index in [1.54, 1.807) is 43.5 Å². The van der Waals surface area contributed by atoms with Gasteiger partial charge in [-0.05, 0) is 57.9 Å². The Morgan fingerprint density at radius 3 is 2.73 bits per heavy atom. The molecule has 26 heavy (non-hydrogen) atoms. The molecule has 6 nitrogen and oxygen atoms in total. The molecule has 0 fully saturated rings. The summed E-state index contributed by atoms with van der Waals surface area (Å²) in [6.45, 7) is 0.151. The van der Waals surface area contributed by atoms with E-state index >= 15 is 0 Å². The van der Waals surface area contributed by atoms with Gasteiger partial charge >= 0.3 is 0 Å². The number of nitrogen functional groups attached to an aromatic ring is 1. The molecular weight excluding hydrogens is 400 g/mol. The van der Waals surface area contributed by atoms with Crippen LogP contribution in [0.3, 0.4) is 0 Å². The Labute approximate surface area is 160 Å². The summed E-state index contributed by atoms with van der Waals surface area (Å²) in [5.41, 5.74) is 8.66. The molecule has 0 saturated carbocycles. The molecule has 2 aromatic rings. The number of Topliss-reactive ketones (excluding diaryl/α,β-unsaturated/α-hetero) is 1. The minimum Gasteiger partial charge on any atom is -0.493 e. The highest BCUT2D eigenvalue weighted by Crippen LogP contribution is 2.42. The Balaban J connectivity index is 1.93. The van der Waals surface area contributed by atoms with E-state index in [-0.39, 0.29) is 12.6 Å². The number of rotatable bonds is 5. The fourth-order valence-corrected chi connectivity index (χ4v) is 3.15. The summed E-state index contributed by atoms with van der Waals surface area (Å²) in [5.74, 6) is 1.57. The molecule has 0 amide bonds. The van der Waals surface area contributed by atoms with E-state index in [0.29, 0.717) is 33.0 Å². The third kappa shape index (κ3) is 3.48. The average Bonchev–Trinajstić information content (AvgIpc) is 3.09. The van der Waals surface area contributed by atoms with Crippen molar-refractivity contribution < 1.29 is 19.0 Å². The quantitative estimate of drug-likeness (QED) is 0.453. The summed E-state index contributed by atoms with van der Waals surface area (Å²) in [4.78, 5) is 14.6. The molecule has 136 valence electrons. The molecule has 0 aliphatic carbocycles. The molecular formula is C19H19BrN2O4. The molecule has 0 aromatic heterocycles. The lowest BCUT2D eigenvalue weighted by Gasteiger charge is -2.16. The maximum Gasteiger partial charge on any atom is 0.231 e. The number of ether oxygens (including phenoxy) is 3. The summed E-state index contributed by atoms with van der Waals surface area (Å²) in [6, 6.07) is 8.79. The van der Waals surface area contributed by atoms with E-state index in [2.05, 4.69) is 15.9 Å². The van der Waals surface area contributed by atoms with Gasteiger partial charge in [-0.2, -0.15) is 0 Å². The standard InChI is InChI=1S/C19H19BrN2O4/c1-22(2)15-9-12(4-5-14(15)21)18(23)13(20)6-11-7-16(24-3)19-17(8-11)25-10-26-19/h4-9H,10,21H2,1-3H3. The molecule has 3 rings (SSSR count). The largest absolute Gasteiger partial charge is 0.493 e. The van der Waals surface area contributed by atoms with Gasteiger partial charge in [0.05, 0.1) is 23.0 Å². The van der Waals surface area contributed by atoms with Crippen molar-refractivity contribution in [1.29, 1.82) is 0 Å². The van der Waals surface area contributed by atoms with Crippen LogP contribution in [-0.2, 0) is 0 Å². The lowest BCUT2D eigenvalue weighted by atomic mass is 10.1. The third-order valence-electron chi connectivity index (χ3n) is 3.97. The second kappa shape index (κ2) is 7.29. The predicted molar refractivity (Wildman–Crippen MR) is 106 cm³/mol. The molecule has 2 aromatic carbocycles. The highest BCUT2D eigenvalue weighted by Gasteiger charge is 2.20. The molecule has 1 aliphatic rings. The number of nitrogens with two attached hydrogens (primary N) is 1. The minimum atomic E-state index is -0.148. The maximum atomic E-state index is 12.8. The Hall–Kier alpha value is -2.67. The first-order valence-electron chi connectivity index (χ1n) is 7.87. The minimum absolute atomic E-state index is 0.148. The number of carbonyl (C=O) groups excluding carboxylic acids is 1. The Morgan fingerprint density at radius 1 is 1.27 bits per heavy atom. The van der Waals surface area contributed by atoms with Gasteiger partial charge in [0.2, 0.25) is 12.5 Å². The number of benzene rings is 2. The highest BCUT2D eigenvalue weighted by atomic mass is 79.9. The van der Waals surface area contributed by atoms with Crippen molar-refractivity contribution in [3.8, 4) is 17.2 Å². The second-order valence-electron chi connectivity index (χ2n) is 5.95. The van der Waals surface area contributed by atoms with Gasteiger partial charge in [0.25, 0.3) is 0 Å². The molecule has 1 heterocycles. The topological polar surface area (TPSA) is 74.0 Å². The van der Waals surface area contributed by atoms with Gasteiger partial charge < -0.3 is 24.8 Å². The van der Waals surface area contributed by atoms with Crippen LogP contribution in [0.2, 0.25) is 0 Å². The van der Waals surface area contributed by atoms with Crippen LogP contribution in [-0.4, -0.2) is 33.8 Å². The Kier molecular flexibility index (Phi) is 5.08. The SMILES string of the molecule is COc1cc(C=C(Br)C(=O)c2ccc(N)c(N(C)C)c2)cc2c1OCO2. The normalized spacial score (nSPS) is 12.8. The van der Waals surface area contributed by atoms with Crippen LogP contribution >= 0.6 is 15.9 Å². The van der Waals surface area contributed by atoms with Crippen molar-refractivity contribution >= 4 is 39.2 Å². The van der Waals surface area contributed by atoms with Crippen LogP contribution in [0.4, 0.5) is 11.4 Å². The van der Waals surface area contributed by atoms with Crippen molar-refractivity contribution in [3.05, 3.63) is 45.9 Å². The number of nitrogens with zero attached hydrogens (tertiary/aromatic N) is 1. The first-order valence-corrected chi connectivity index (χ1v) is 8.66. The molecule has 2 N–H and O–H groups in total. The average molecular weight is 419 g/mol. The van der Waals surface area contributed by atoms with Gasteiger partial charge in [0.15, 0.2) is 17.3 Å². The predicted octanol–water partition coefficient (Wildman–Crippen LogP) is 3.69. The van der Waals surface area contributed by atoms with Crippen molar-refractivity contribution in [2.45, 2.75) is 0 Å². The van der Waals surface area contributed by atoms with Crippen molar-refractivity contribution in [3.63, 3.8) is 0 Å². The lowest BCUT2D eigenvalue weighted by molar-refractivity contribution is 0.104. The summed E-state index contributed by atoms with van der Waals surface area (Å²) in [6.07, 6.45) is 1.72. The smallest absolute Gasteiger partial charge is 0.231 e. The van der Waals surface area contributed by atoms with E-state index < -0.39 is 0 Å². The zero-order chi connectivity index (χ0) is 18.8. The maximum absolute atomic E-state index is 12.8. The third-order valence-corrected chi connectivity index (χ3v) is 4.55. The summed E-state index contributed by atoms with van der Waals surface area (Å²) in [5, 5.41) is 0. The Morgan fingerprint density at radius 2 is 2.04 bits per heavy atom. The van der Waals surface area contributed by atoms with Crippen LogP contribution in [0.5, 0.6) is 17.2 Å². The number of fused-ring (bicyclic) bond motifs is 1. The van der Waals surface area contributed by atoms with Crippen molar-refractivity contribution in [2.24, 2.45) is 0 Å². The molecule has 0 unspecified atom stereocenters. The first kappa shape index (κ1) is 18.1. The van der Waals surface area contributed by atoms with Gasteiger partial charge in [0, 0.05) is 19.7 Å². The van der Waals surface area contributed by atoms with Gasteiger partial charge in [-0.25, -0.2) is 0 Å². The van der Waals surface area contributed by atoms with E-state index in [0.717, 1.165) is 11.3 Å². The summed E-state index contributed by atoms with van der Waals surface area (Å²) >= 11 is 3.38. The number of hydrogen-bond donors (Lipinski definition) is 1. The van der Waals surface area contributed by atoms with Crippen molar-refractivity contribution in [2.75, 3.05) is 38.6 Å². The molecule has 0 saturated heterocycles. The van der Waals surface area contributed by atoms with Crippen LogP contribution in [0.25, 0.3) is 6.08 Å². The zero-order valence-corrected chi connectivity index (χ0v) is 16.3. The number of methoxy groups -OCH3 is 1. The molecule has 0 atom stereocenters. The number of anilines is 2. The van der Waals surface area contributed by atoms with Crippen LogP contribution < -0.4 is 24.8 Å². The molecule has 1 aliphatic heterocycles. The zero-order valence-electron chi connectivity index (χ0n) is 14.7. The van der Waals surface area contributed by atoms with Crippen LogP contribution in [0.15, 0.2) is 34.8 Å². The van der Waals surface area contributed by atoms with Crippen molar-refractivity contribution in [1.82, 2.24) is 0 Å². The van der Waals surface area contributed by atoms with Gasteiger partial charge in [-0.15, -0.1) is 0 Å². The first-order chi connectivity index (χ1) is 12.4. The number of hydrogen-bond acceptors (Lipinski definition) is 6. The molecule has 0 bridgehead atoms. The fourth-order valence-electron chi connectivity index (χ4n) is 2.66. The molecule has 7 heteroatoms. The second-order valence-corrected chi connectivity index (χ2v) is 6.80. The van der Waals surface area contributed by atoms with Crippen LogP contribution in [0.1, 0.15) is 15.9 Å². The number of ketones is 1. The van der Waals surface area contributed by atoms with E-state index in [4.69, 9.17) is 19.9 Å². The number of halogens is 1. The number of carbonyl (C=O) groups is 1. The lowest BCUT2D eigenvalue weighted by Crippen LogP contribution is -2.12. The highest BCUT2D eigenvalue weighted by molar-refractivity contribution is 9.12. The van der Waals surface area contributed by atoms with E-state index in [9.17, 15) is 4.79 Å².